The van der Waals surface area contributed by atoms with Crippen LogP contribution in [0.5, 0.6) is 5.75 Å². The van der Waals surface area contributed by atoms with E-state index >= 15 is 0 Å². The van der Waals surface area contributed by atoms with Gasteiger partial charge in [0, 0.05) is 16.2 Å². The first-order valence-electron chi connectivity index (χ1n) is 10.7. The highest BCUT2D eigenvalue weighted by atomic mass is 35.5. The van der Waals surface area contributed by atoms with Gasteiger partial charge in [-0.05, 0) is 68.7 Å². The van der Waals surface area contributed by atoms with Crippen molar-refractivity contribution in [3.8, 4) is 5.75 Å². The van der Waals surface area contributed by atoms with Crippen molar-refractivity contribution >= 4 is 34.8 Å². The first-order valence-corrected chi connectivity index (χ1v) is 11.5. The Morgan fingerprint density at radius 3 is 2.44 bits per heavy atom. The quantitative estimate of drug-likeness (QED) is 0.341. The van der Waals surface area contributed by atoms with Crippen molar-refractivity contribution in [3.05, 3.63) is 92.5 Å². The van der Waals surface area contributed by atoms with Crippen molar-refractivity contribution in [2.24, 2.45) is 0 Å². The Labute approximate surface area is 208 Å². The number of carbonyl (C=O) groups excluding carboxylic acids is 1. The maximum absolute atomic E-state index is 12.9. The Bertz CT molecular complexity index is 1340. The van der Waals surface area contributed by atoms with E-state index in [1.54, 1.807) is 16.9 Å². The summed E-state index contributed by atoms with van der Waals surface area (Å²) in [6, 6.07) is 13.0. The lowest BCUT2D eigenvalue weighted by atomic mass is 10.1. The Morgan fingerprint density at radius 1 is 1.03 bits per heavy atom. The number of hydrogen-bond donors (Lipinski definition) is 1. The van der Waals surface area contributed by atoms with Crippen LogP contribution in [0.4, 0.5) is 5.69 Å². The summed E-state index contributed by atoms with van der Waals surface area (Å²) >= 11 is 12.5. The molecule has 0 radical (unpaired) electrons. The van der Waals surface area contributed by atoms with Gasteiger partial charge >= 0.3 is 0 Å². The van der Waals surface area contributed by atoms with Crippen molar-refractivity contribution in [3.63, 3.8) is 0 Å². The van der Waals surface area contributed by atoms with E-state index in [2.05, 4.69) is 15.5 Å². The van der Waals surface area contributed by atoms with Gasteiger partial charge in [-0.15, -0.1) is 0 Å². The molecular formula is C25H25Cl2N5O2. The molecule has 0 aliphatic rings. The lowest BCUT2D eigenvalue weighted by Gasteiger charge is -2.10. The fourth-order valence-corrected chi connectivity index (χ4v) is 3.99. The summed E-state index contributed by atoms with van der Waals surface area (Å²) in [6.45, 7) is 8.31. The van der Waals surface area contributed by atoms with E-state index in [1.807, 2.05) is 68.8 Å². The average Bonchev–Trinajstić information content (AvgIpc) is 3.38. The number of aryl methyl sites for hydroxylation is 3. The maximum Gasteiger partial charge on any atom is 0.276 e. The Balaban J connectivity index is 1.43. The maximum atomic E-state index is 12.9. The van der Waals surface area contributed by atoms with Crippen molar-refractivity contribution < 1.29 is 9.53 Å². The zero-order valence-electron chi connectivity index (χ0n) is 19.4. The number of anilines is 1. The minimum Gasteiger partial charge on any atom is -0.471 e. The van der Waals surface area contributed by atoms with Crippen LogP contribution in [0, 0.1) is 27.7 Å². The second-order valence-electron chi connectivity index (χ2n) is 8.13. The molecule has 0 aliphatic heterocycles. The first kappa shape index (κ1) is 23.9. The molecule has 0 spiro atoms. The van der Waals surface area contributed by atoms with Crippen LogP contribution in [0.15, 0.2) is 48.7 Å². The van der Waals surface area contributed by atoms with Gasteiger partial charge in [0.05, 0.1) is 23.6 Å². The normalized spacial score (nSPS) is 11.0. The highest BCUT2D eigenvalue weighted by molar-refractivity contribution is 6.32. The SMILES string of the molecule is Cc1cc(OCn2ccc(C(=O)Nc3c(C)nn(Cc4ccccc4Cl)c3C)n2)cc(C)c1Cl. The molecule has 0 atom stereocenters. The van der Waals surface area contributed by atoms with Crippen LogP contribution in [-0.2, 0) is 13.3 Å². The van der Waals surface area contributed by atoms with E-state index in [0.717, 1.165) is 27.4 Å². The fraction of sp³-hybridized carbons (Fsp3) is 0.240. The van der Waals surface area contributed by atoms with E-state index in [1.165, 1.54) is 0 Å². The first-order chi connectivity index (χ1) is 16.2. The molecule has 0 aliphatic carbocycles. The highest BCUT2D eigenvalue weighted by Gasteiger charge is 2.17. The summed E-state index contributed by atoms with van der Waals surface area (Å²) in [6.07, 6.45) is 1.70. The van der Waals surface area contributed by atoms with E-state index in [-0.39, 0.29) is 18.3 Å². The Hall–Kier alpha value is -3.29. The second-order valence-corrected chi connectivity index (χ2v) is 8.92. The second kappa shape index (κ2) is 9.91. The van der Waals surface area contributed by atoms with Gasteiger partial charge in [0.2, 0.25) is 0 Å². The molecule has 2 aromatic heterocycles. The Kier molecular flexibility index (Phi) is 6.95. The Morgan fingerprint density at radius 2 is 1.74 bits per heavy atom. The van der Waals surface area contributed by atoms with Gasteiger partial charge < -0.3 is 10.1 Å². The van der Waals surface area contributed by atoms with Crippen LogP contribution in [0.2, 0.25) is 10.0 Å². The molecule has 0 saturated heterocycles. The zero-order valence-corrected chi connectivity index (χ0v) is 20.9. The lowest BCUT2D eigenvalue weighted by molar-refractivity contribution is 0.102. The largest absolute Gasteiger partial charge is 0.471 e. The van der Waals surface area contributed by atoms with Crippen molar-refractivity contribution in [1.29, 1.82) is 0 Å². The van der Waals surface area contributed by atoms with Gasteiger partial charge in [0.1, 0.15) is 5.75 Å². The van der Waals surface area contributed by atoms with Crippen LogP contribution in [0.3, 0.4) is 0 Å². The number of hydrogen-bond acceptors (Lipinski definition) is 4. The third kappa shape index (κ3) is 5.11. The van der Waals surface area contributed by atoms with Gasteiger partial charge in [-0.1, -0.05) is 41.4 Å². The predicted octanol–water partition coefficient (Wildman–Crippen LogP) is 5.96. The van der Waals surface area contributed by atoms with Crippen LogP contribution < -0.4 is 10.1 Å². The van der Waals surface area contributed by atoms with E-state index in [0.29, 0.717) is 28.7 Å². The van der Waals surface area contributed by atoms with Crippen molar-refractivity contribution in [2.45, 2.75) is 41.0 Å². The molecule has 2 aromatic carbocycles. The van der Waals surface area contributed by atoms with Crippen LogP contribution in [0.25, 0.3) is 0 Å². The molecule has 1 amide bonds. The molecule has 4 aromatic rings. The summed E-state index contributed by atoms with van der Waals surface area (Å²) in [5.41, 5.74) is 5.34. The van der Waals surface area contributed by atoms with Gasteiger partial charge in [0.25, 0.3) is 5.91 Å². The third-order valence-corrected chi connectivity index (χ3v) is 6.51. The number of benzene rings is 2. The zero-order chi connectivity index (χ0) is 24.4. The van der Waals surface area contributed by atoms with Crippen LogP contribution in [0.1, 0.15) is 38.6 Å². The van der Waals surface area contributed by atoms with Crippen LogP contribution in [-0.4, -0.2) is 25.5 Å². The van der Waals surface area contributed by atoms with Gasteiger partial charge in [0.15, 0.2) is 12.4 Å². The third-order valence-electron chi connectivity index (χ3n) is 5.54. The van der Waals surface area contributed by atoms with Crippen LogP contribution >= 0.6 is 23.2 Å². The molecule has 0 fully saturated rings. The number of amides is 1. The molecule has 4 rings (SSSR count). The summed E-state index contributed by atoms with van der Waals surface area (Å²) in [5, 5.41) is 13.3. The molecule has 176 valence electrons. The molecule has 1 N–H and O–H groups in total. The smallest absolute Gasteiger partial charge is 0.276 e. The highest BCUT2D eigenvalue weighted by Crippen LogP contribution is 2.26. The molecule has 2 heterocycles. The minimum absolute atomic E-state index is 0.168. The number of carbonyl (C=O) groups is 1. The molecule has 0 saturated carbocycles. The number of halogens is 2. The lowest BCUT2D eigenvalue weighted by Crippen LogP contribution is -2.15. The average molecular weight is 498 g/mol. The number of nitrogens with one attached hydrogen (secondary N) is 1. The number of rotatable bonds is 7. The monoisotopic (exact) mass is 497 g/mol. The van der Waals surface area contributed by atoms with Gasteiger partial charge in [-0.3, -0.25) is 9.48 Å². The van der Waals surface area contributed by atoms with Gasteiger partial charge in [-0.25, -0.2) is 4.68 Å². The number of aromatic nitrogens is 4. The summed E-state index contributed by atoms with van der Waals surface area (Å²) in [5.74, 6) is 0.374. The molecular weight excluding hydrogens is 473 g/mol. The number of nitrogens with zero attached hydrogens (tertiary/aromatic N) is 4. The predicted molar refractivity (Wildman–Crippen MR) is 134 cm³/mol. The van der Waals surface area contributed by atoms with Crippen molar-refractivity contribution in [1.82, 2.24) is 19.6 Å². The summed E-state index contributed by atoms with van der Waals surface area (Å²) in [4.78, 5) is 12.9. The molecule has 34 heavy (non-hydrogen) atoms. The topological polar surface area (TPSA) is 74.0 Å². The summed E-state index contributed by atoms with van der Waals surface area (Å²) < 4.78 is 9.21. The standard InChI is InChI=1S/C25H25Cl2N5O2/c1-15-11-20(12-16(2)23(15)27)34-14-31-10-9-22(30-31)25(33)28-24-17(3)29-32(18(24)4)13-19-7-5-6-8-21(19)26/h5-12H,13-14H2,1-4H3,(H,28,33). The van der Waals surface area contributed by atoms with E-state index in [9.17, 15) is 4.79 Å². The van der Waals surface area contributed by atoms with E-state index in [4.69, 9.17) is 27.9 Å². The summed E-state index contributed by atoms with van der Waals surface area (Å²) in [7, 11) is 0. The number of ether oxygens (including phenoxy) is 1. The van der Waals surface area contributed by atoms with E-state index < -0.39 is 0 Å². The fourth-order valence-electron chi connectivity index (χ4n) is 3.68. The minimum atomic E-state index is -0.319. The molecule has 9 heteroatoms. The molecule has 7 nitrogen and oxygen atoms in total. The molecule has 0 bridgehead atoms. The van der Waals surface area contributed by atoms with Gasteiger partial charge in [-0.2, -0.15) is 10.2 Å². The van der Waals surface area contributed by atoms with Crippen molar-refractivity contribution in [2.75, 3.05) is 5.32 Å². The molecule has 0 unspecified atom stereocenters.